The van der Waals surface area contributed by atoms with Crippen LogP contribution in [0.25, 0.3) is 10.9 Å². The molecule has 0 spiro atoms. The molecule has 1 fully saturated rings. The highest BCUT2D eigenvalue weighted by atomic mass is 16.5. The van der Waals surface area contributed by atoms with Crippen LogP contribution in [0, 0.1) is 5.92 Å². The van der Waals surface area contributed by atoms with Crippen LogP contribution in [0.1, 0.15) is 26.2 Å². The Hall–Kier alpha value is -3.23. The van der Waals surface area contributed by atoms with Crippen molar-refractivity contribution in [2.24, 2.45) is 5.92 Å². The van der Waals surface area contributed by atoms with Crippen molar-refractivity contribution in [2.45, 2.75) is 32.7 Å². The molecule has 0 bridgehead atoms. The number of amides is 2. The first-order valence-corrected chi connectivity index (χ1v) is 10.5. The summed E-state index contributed by atoms with van der Waals surface area (Å²) in [7, 11) is 1.58. The molecular formula is C22H28N4O5. The number of ether oxygens (including phenoxy) is 1. The van der Waals surface area contributed by atoms with Crippen molar-refractivity contribution in [1.29, 1.82) is 0 Å². The number of aromatic nitrogens is 2. The highest BCUT2D eigenvalue weighted by Gasteiger charge is 2.28. The van der Waals surface area contributed by atoms with Crippen LogP contribution in [0.4, 0.5) is 0 Å². The Morgan fingerprint density at radius 3 is 2.61 bits per heavy atom. The largest absolute Gasteiger partial charge is 0.466 e. The van der Waals surface area contributed by atoms with Gasteiger partial charge in [-0.05, 0) is 31.9 Å². The van der Waals surface area contributed by atoms with Crippen LogP contribution < -0.4 is 5.56 Å². The molecule has 166 valence electrons. The van der Waals surface area contributed by atoms with Gasteiger partial charge in [-0.25, -0.2) is 4.98 Å². The van der Waals surface area contributed by atoms with Gasteiger partial charge in [-0.1, -0.05) is 12.1 Å². The van der Waals surface area contributed by atoms with E-state index in [0.717, 1.165) is 0 Å². The summed E-state index contributed by atoms with van der Waals surface area (Å²) >= 11 is 0. The summed E-state index contributed by atoms with van der Waals surface area (Å²) in [4.78, 5) is 56.7. The number of piperidine rings is 1. The highest BCUT2D eigenvalue weighted by Crippen LogP contribution is 2.19. The predicted octanol–water partition coefficient (Wildman–Crippen LogP) is 1.05. The predicted molar refractivity (Wildman–Crippen MR) is 114 cm³/mol. The van der Waals surface area contributed by atoms with Gasteiger partial charge in [0.15, 0.2) is 0 Å². The standard InChI is InChI=1S/C22H28N4O5/c1-3-31-22(30)16-8-11-25(12-9-16)20(28)14-24(2)19(27)10-13-26-15-23-18-7-5-4-6-17(18)21(26)29/h4-7,15-16H,3,8-14H2,1-2H3. The summed E-state index contributed by atoms with van der Waals surface area (Å²) in [5, 5.41) is 0.507. The Bertz CT molecular complexity index is 1010. The van der Waals surface area contributed by atoms with Crippen molar-refractivity contribution < 1.29 is 19.1 Å². The molecule has 1 aromatic carbocycles. The monoisotopic (exact) mass is 428 g/mol. The molecule has 0 atom stereocenters. The summed E-state index contributed by atoms with van der Waals surface area (Å²) < 4.78 is 6.46. The van der Waals surface area contributed by atoms with Crippen LogP contribution in [-0.4, -0.2) is 70.4 Å². The number of hydrogen-bond acceptors (Lipinski definition) is 6. The van der Waals surface area contributed by atoms with E-state index in [2.05, 4.69) is 4.98 Å². The van der Waals surface area contributed by atoms with Gasteiger partial charge in [-0.3, -0.25) is 23.7 Å². The third kappa shape index (κ3) is 5.48. The third-order valence-corrected chi connectivity index (χ3v) is 5.56. The molecule has 2 aromatic rings. The fourth-order valence-electron chi connectivity index (χ4n) is 3.69. The zero-order valence-corrected chi connectivity index (χ0v) is 18.0. The number of para-hydroxylation sites is 1. The second-order valence-electron chi connectivity index (χ2n) is 7.67. The Morgan fingerprint density at radius 1 is 1.19 bits per heavy atom. The van der Waals surface area contributed by atoms with Crippen molar-refractivity contribution in [3.05, 3.63) is 40.9 Å². The van der Waals surface area contributed by atoms with E-state index >= 15 is 0 Å². The fourth-order valence-corrected chi connectivity index (χ4v) is 3.69. The quantitative estimate of drug-likeness (QED) is 0.611. The first-order chi connectivity index (χ1) is 14.9. The zero-order chi connectivity index (χ0) is 22.4. The van der Waals surface area contributed by atoms with Crippen molar-refractivity contribution >= 4 is 28.7 Å². The first kappa shape index (κ1) is 22.5. The number of nitrogens with zero attached hydrogens (tertiary/aromatic N) is 4. The minimum atomic E-state index is -0.227. The van der Waals surface area contributed by atoms with E-state index in [4.69, 9.17) is 4.74 Å². The van der Waals surface area contributed by atoms with Crippen LogP contribution in [-0.2, 0) is 25.7 Å². The van der Waals surface area contributed by atoms with Crippen molar-refractivity contribution in [3.8, 4) is 0 Å². The molecule has 1 aliphatic heterocycles. The second-order valence-corrected chi connectivity index (χ2v) is 7.67. The van der Waals surface area contributed by atoms with Gasteiger partial charge in [-0.15, -0.1) is 0 Å². The van der Waals surface area contributed by atoms with E-state index in [-0.39, 0.29) is 48.8 Å². The molecular weight excluding hydrogens is 400 g/mol. The number of aryl methyl sites for hydroxylation is 1. The van der Waals surface area contributed by atoms with Crippen LogP contribution in [0.5, 0.6) is 0 Å². The summed E-state index contributed by atoms with van der Waals surface area (Å²) in [6.07, 6.45) is 2.67. The number of hydrogen-bond donors (Lipinski definition) is 0. The average molecular weight is 428 g/mol. The molecule has 9 nitrogen and oxygen atoms in total. The summed E-state index contributed by atoms with van der Waals surface area (Å²) in [6.45, 7) is 3.24. The summed E-state index contributed by atoms with van der Waals surface area (Å²) in [5.41, 5.74) is 0.422. The number of likely N-dealkylation sites (tertiary alicyclic amines) is 1. The molecule has 0 radical (unpaired) electrons. The van der Waals surface area contributed by atoms with Gasteiger partial charge in [0.1, 0.15) is 0 Å². The van der Waals surface area contributed by atoms with Crippen molar-refractivity contribution in [1.82, 2.24) is 19.4 Å². The maximum atomic E-state index is 12.5. The van der Waals surface area contributed by atoms with E-state index in [1.165, 1.54) is 15.8 Å². The Balaban J connectivity index is 1.49. The van der Waals surface area contributed by atoms with Gasteiger partial charge >= 0.3 is 5.97 Å². The first-order valence-electron chi connectivity index (χ1n) is 10.5. The van der Waals surface area contributed by atoms with Crippen molar-refractivity contribution in [2.75, 3.05) is 33.3 Å². The number of likely N-dealkylation sites (N-methyl/N-ethyl adjacent to an activating group) is 1. The number of carbonyl (C=O) groups excluding carboxylic acids is 3. The zero-order valence-electron chi connectivity index (χ0n) is 18.0. The molecule has 1 aliphatic rings. The van der Waals surface area contributed by atoms with Crippen LogP contribution in [0.3, 0.4) is 0 Å². The van der Waals surface area contributed by atoms with Crippen LogP contribution >= 0.6 is 0 Å². The number of carbonyl (C=O) groups is 3. The smallest absolute Gasteiger partial charge is 0.309 e. The Morgan fingerprint density at radius 2 is 1.90 bits per heavy atom. The van der Waals surface area contributed by atoms with Gasteiger partial charge in [0.25, 0.3) is 5.56 Å². The van der Waals surface area contributed by atoms with Gasteiger partial charge in [-0.2, -0.15) is 0 Å². The van der Waals surface area contributed by atoms with Gasteiger partial charge in [0.05, 0.1) is 36.3 Å². The Labute approximate surface area is 180 Å². The lowest BCUT2D eigenvalue weighted by molar-refractivity contribution is -0.151. The number of rotatable bonds is 7. The fraction of sp³-hybridized carbons (Fsp3) is 0.500. The maximum Gasteiger partial charge on any atom is 0.309 e. The molecule has 2 amide bonds. The van der Waals surface area contributed by atoms with E-state index in [9.17, 15) is 19.2 Å². The van der Waals surface area contributed by atoms with E-state index < -0.39 is 0 Å². The topological polar surface area (TPSA) is 102 Å². The molecule has 1 saturated heterocycles. The molecule has 31 heavy (non-hydrogen) atoms. The molecule has 3 rings (SSSR count). The second kappa shape index (κ2) is 10.2. The molecule has 9 heteroatoms. The molecule has 0 aliphatic carbocycles. The van der Waals surface area contributed by atoms with Gasteiger partial charge < -0.3 is 14.5 Å². The minimum absolute atomic E-state index is 0.0340. The maximum absolute atomic E-state index is 12.5. The normalized spacial score (nSPS) is 14.5. The van der Waals surface area contributed by atoms with Gasteiger partial charge in [0.2, 0.25) is 11.8 Å². The Kier molecular flexibility index (Phi) is 7.38. The van der Waals surface area contributed by atoms with E-state index in [0.29, 0.717) is 43.4 Å². The van der Waals surface area contributed by atoms with E-state index in [1.54, 1.807) is 37.1 Å². The molecule has 0 saturated carbocycles. The van der Waals surface area contributed by atoms with Crippen LogP contribution in [0.15, 0.2) is 35.4 Å². The lowest BCUT2D eigenvalue weighted by Gasteiger charge is -2.32. The molecule has 2 heterocycles. The lowest BCUT2D eigenvalue weighted by atomic mass is 9.97. The van der Waals surface area contributed by atoms with Crippen molar-refractivity contribution in [3.63, 3.8) is 0 Å². The minimum Gasteiger partial charge on any atom is -0.466 e. The summed E-state index contributed by atoms with van der Waals surface area (Å²) in [6, 6.07) is 7.06. The molecule has 0 N–H and O–H groups in total. The van der Waals surface area contributed by atoms with Gasteiger partial charge in [0, 0.05) is 33.1 Å². The van der Waals surface area contributed by atoms with E-state index in [1.807, 2.05) is 6.07 Å². The highest BCUT2D eigenvalue weighted by molar-refractivity contribution is 5.85. The van der Waals surface area contributed by atoms with Crippen LogP contribution in [0.2, 0.25) is 0 Å². The third-order valence-electron chi connectivity index (χ3n) is 5.56. The molecule has 1 aromatic heterocycles. The lowest BCUT2D eigenvalue weighted by Crippen LogP contribution is -2.45. The summed E-state index contributed by atoms with van der Waals surface area (Å²) in [5.74, 6) is -0.755. The molecule has 0 unspecified atom stereocenters. The average Bonchev–Trinajstić information content (AvgIpc) is 2.78. The number of esters is 1. The number of benzene rings is 1. The number of fused-ring (bicyclic) bond motifs is 1. The SMILES string of the molecule is CCOC(=O)C1CCN(C(=O)CN(C)C(=O)CCn2cnc3ccccc3c2=O)CC1.